The second-order valence-corrected chi connectivity index (χ2v) is 5.96. The van der Waals surface area contributed by atoms with E-state index in [1.807, 2.05) is 66.9 Å². The minimum absolute atomic E-state index is 0.0364. The van der Waals surface area contributed by atoms with Crippen LogP contribution in [0.1, 0.15) is 28.9 Å². The summed E-state index contributed by atoms with van der Waals surface area (Å²) in [5, 5.41) is 5.00. The van der Waals surface area contributed by atoms with Gasteiger partial charge in [-0.2, -0.15) is 0 Å². The predicted molar refractivity (Wildman–Crippen MR) is 89.9 cm³/mol. The third-order valence-electron chi connectivity index (χ3n) is 3.45. The number of amides is 1. The summed E-state index contributed by atoms with van der Waals surface area (Å²) in [5.41, 5.74) is 2.55. The maximum atomic E-state index is 12.3. The molecule has 0 bridgehead atoms. The fraction of sp³-hybridized carbons (Fsp3) is 0.111. The Kier molecular flexibility index (Phi) is 4.30. The van der Waals surface area contributed by atoms with E-state index in [9.17, 15) is 4.79 Å². The molecule has 4 heteroatoms. The Morgan fingerprint density at radius 2 is 1.91 bits per heavy atom. The van der Waals surface area contributed by atoms with Crippen LogP contribution in [0.2, 0.25) is 0 Å². The topological polar surface area (TPSA) is 42.0 Å². The minimum atomic E-state index is -0.110. The molecule has 0 saturated heterocycles. The molecule has 0 unspecified atom stereocenters. The summed E-state index contributed by atoms with van der Waals surface area (Å²) in [5.74, 6) is -0.110. The predicted octanol–water partition coefficient (Wildman–Crippen LogP) is 4.30. The highest BCUT2D eigenvalue weighted by molar-refractivity contribution is 7.13. The lowest BCUT2D eigenvalue weighted by Crippen LogP contribution is -2.26. The SMILES string of the molecule is C[C@@H](NC(=O)c1ccc(-c2cccs2)nc1)c1ccccc1. The summed E-state index contributed by atoms with van der Waals surface area (Å²) < 4.78 is 0. The van der Waals surface area contributed by atoms with Crippen molar-refractivity contribution < 1.29 is 4.79 Å². The van der Waals surface area contributed by atoms with Gasteiger partial charge >= 0.3 is 0 Å². The van der Waals surface area contributed by atoms with Crippen molar-refractivity contribution in [1.82, 2.24) is 10.3 Å². The molecule has 2 heterocycles. The average Bonchev–Trinajstić information content (AvgIpc) is 3.10. The third-order valence-corrected chi connectivity index (χ3v) is 4.34. The Hall–Kier alpha value is -2.46. The minimum Gasteiger partial charge on any atom is -0.345 e. The highest BCUT2D eigenvalue weighted by Crippen LogP contribution is 2.22. The number of thiophene rings is 1. The molecule has 1 atom stereocenters. The number of pyridine rings is 1. The average molecular weight is 308 g/mol. The van der Waals surface area contributed by atoms with Crippen molar-refractivity contribution in [2.45, 2.75) is 13.0 Å². The normalized spacial score (nSPS) is 11.9. The van der Waals surface area contributed by atoms with E-state index >= 15 is 0 Å². The lowest BCUT2D eigenvalue weighted by atomic mass is 10.1. The van der Waals surface area contributed by atoms with Gasteiger partial charge in [-0.05, 0) is 36.1 Å². The Morgan fingerprint density at radius 3 is 2.55 bits per heavy atom. The lowest BCUT2D eigenvalue weighted by molar-refractivity contribution is 0.0939. The summed E-state index contributed by atoms with van der Waals surface area (Å²) in [6.45, 7) is 1.97. The van der Waals surface area contributed by atoms with Crippen LogP contribution in [-0.4, -0.2) is 10.9 Å². The molecule has 0 aliphatic heterocycles. The van der Waals surface area contributed by atoms with Crippen LogP contribution in [0.5, 0.6) is 0 Å². The lowest BCUT2D eigenvalue weighted by Gasteiger charge is -2.14. The van der Waals surface area contributed by atoms with E-state index in [0.29, 0.717) is 5.56 Å². The van der Waals surface area contributed by atoms with Crippen LogP contribution >= 0.6 is 11.3 Å². The van der Waals surface area contributed by atoms with Crippen molar-refractivity contribution >= 4 is 17.2 Å². The number of nitrogens with one attached hydrogen (secondary N) is 1. The van der Waals surface area contributed by atoms with Gasteiger partial charge in [0.2, 0.25) is 0 Å². The van der Waals surface area contributed by atoms with Crippen molar-refractivity contribution in [3.8, 4) is 10.6 Å². The molecule has 3 aromatic rings. The summed E-state index contributed by atoms with van der Waals surface area (Å²) in [4.78, 5) is 17.8. The number of carbonyl (C=O) groups excluding carboxylic acids is 1. The number of carbonyl (C=O) groups is 1. The Balaban J connectivity index is 1.70. The number of aromatic nitrogens is 1. The first-order valence-corrected chi connectivity index (χ1v) is 7.98. The monoisotopic (exact) mass is 308 g/mol. The molecule has 2 aromatic heterocycles. The highest BCUT2D eigenvalue weighted by Gasteiger charge is 2.12. The van der Waals surface area contributed by atoms with Crippen molar-refractivity contribution in [3.63, 3.8) is 0 Å². The first kappa shape index (κ1) is 14.5. The first-order chi connectivity index (χ1) is 10.7. The summed E-state index contributed by atoms with van der Waals surface area (Å²) >= 11 is 1.64. The van der Waals surface area contributed by atoms with E-state index in [0.717, 1.165) is 16.1 Å². The zero-order chi connectivity index (χ0) is 15.4. The van der Waals surface area contributed by atoms with E-state index in [1.54, 1.807) is 17.5 Å². The van der Waals surface area contributed by atoms with Crippen molar-refractivity contribution in [1.29, 1.82) is 0 Å². The van der Waals surface area contributed by atoms with Crippen molar-refractivity contribution in [3.05, 3.63) is 77.3 Å². The number of rotatable bonds is 4. The molecule has 3 rings (SSSR count). The standard InChI is InChI=1S/C18H16N2OS/c1-13(14-6-3-2-4-7-14)20-18(21)15-9-10-16(19-12-15)17-8-5-11-22-17/h2-13H,1H3,(H,20,21)/t13-/m1/s1. The molecular formula is C18H16N2OS. The fourth-order valence-corrected chi connectivity index (χ4v) is 2.91. The van der Waals surface area contributed by atoms with Gasteiger partial charge in [-0.1, -0.05) is 36.4 Å². The second kappa shape index (κ2) is 6.54. The summed E-state index contributed by atoms with van der Waals surface area (Å²) in [6, 6.07) is 17.6. The number of hydrogen-bond donors (Lipinski definition) is 1. The van der Waals surface area contributed by atoms with Crippen LogP contribution < -0.4 is 5.32 Å². The largest absolute Gasteiger partial charge is 0.345 e. The van der Waals surface area contributed by atoms with E-state index in [1.165, 1.54) is 0 Å². The maximum absolute atomic E-state index is 12.3. The maximum Gasteiger partial charge on any atom is 0.253 e. The molecule has 0 aliphatic carbocycles. The Morgan fingerprint density at radius 1 is 1.09 bits per heavy atom. The Labute approximate surface area is 133 Å². The van der Waals surface area contributed by atoms with Crippen LogP contribution in [0, 0.1) is 0 Å². The smallest absolute Gasteiger partial charge is 0.253 e. The van der Waals surface area contributed by atoms with E-state index in [4.69, 9.17) is 0 Å². The van der Waals surface area contributed by atoms with Gasteiger partial charge in [0.15, 0.2) is 0 Å². The van der Waals surface area contributed by atoms with Crippen molar-refractivity contribution in [2.24, 2.45) is 0 Å². The third kappa shape index (κ3) is 3.23. The molecule has 22 heavy (non-hydrogen) atoms. The molecule has 0 saturated carbocycles. The van der Waals surface area contributed by atoms with E-state index in [-0.39, 0.29) is 11.9 Å². The zero-order valence-corrected chi connectivity index (χ0v) is 13.0. The number of hydrogen-bond acceptors (Lipinski definition) is 3. The van der Waals surface area contributed by atoms with Gasteiger partial charge < -0.3 is 5.32 Å². The van der Waals surface area contributed by atoms with Crippen LogP contribution in [0.25, 0.3) is 10.6 Å². The Bertz CT molecular complexity index is 737. The van der Waals surface area contributed by atoms with E-state index in [2.05, 4.69) is 10.3 Å². The molecule has 110 valence electrons. The molecule has 1 amide bonds. The van der Waals surface area contributed by atoms with Gasteiger partial charge in [0.05, 0.1) is 22.2 Å². The summed E-state index contributed by atoms with van der Waals surface area (Å²) in [7, 11) is 0. The molecule has 3 nitrogen and oxygen atoms in total. The summed E-state index contributed by atoms with van der Waals surface area (Å²) in [6.07, 6.45) is 1.63. The van der Waals surface area contributed by atoms with Crippen LogP contribution in [0.3, 0.4) is 0 Å². The molecule has 1 N–H and O–H groups in total. The van der Waals surface area contributed by atoms with Crippen LogP contribution in [0.4, 0.5) is 0 Å². The highest BCUT2D eigenvalue weighted by atomic mass is 32.1. The fourth-order valence-electron chi connectivity index (χ4n) is 2.20. The van der Waals surface area contributed by atoms with Gasteiger partial charge in [0, 0.05) is 6.20 Å². The molecule has 1 aromatic carbocycles. The van der Waals surface area contributed by atoms with Gasteiger partial charge in [0.1, 0.15) is 0 Å². The van der Waals surface area contributed by atoms with Crippen LogP contribution in [0.15, 0.2) is 66.2 Å². The molecule has 0 radical (unpaired) electrons. The van der Waals surface area contributed by atoms with Gasteiger partial charge in [-0.25, -0.2) is 0 Å². The molecule has 0 aliphatic rings. The molecule has 0 fully saturated rings. The first-order valence-electron chi connectivity index (χ1n) is 7.10. The second-order valence-electron chi connectivity index (χ2n) is 5.02. The number of nitrogens with zero attached hydrogens (tertiary/aromatic N) is 1. The van der Waals surface area contributed by atoms with E-state index < -0.39 is 0 Å². The molecule has 0 spiro atoms. The van der Waals surface area contributed by atoms with Gasteiger partial charge in [0.25, 0.3) is 5.91 Å². The number of benzene rings is 1. The quantitative estimate of drug-likeness (QED) is 0.780. The molecular weight excluding hydrogens is 292 g/mol. The van der Waals surface area contributed by atoms with Crippen LogP contribution in [-0.2, 0) is 0 Å². The van der Waals surface area contributed by atoms with Gasteiger partial charge in [-0.3, -0.25) is 9.78 Å². The zero-order valence-electron chi connectivity index (χ0n) is 12.2. The van der Waals surface area contributed by atoms with Crippen molar-refractivity contribution in [2.75, 3.05) is 0 Å². The van der Waals surface area contributed by atoms with Gasteiger partial charge in [-0.15, -0.1) is 11.3 Å².